The first-order valence-electron chi connectivity index (χ1n) is 5.92. The topological polar surface area (TPSA) is 82.5 Å². The minimum absolute atomic E-state index is 0.0246. The van der Waals surface area contributed by atoms with Crippen LogP contribution in [0.1, 0.15) is 5.56 Å². The first-order valence-corrected chi connectivity index (χ1v) is 5.92. The normalized spacial score (nSPS) is 10.4. The lowest BCUT2D eigenvalue weighted by Crippen LogP contribution is -2.09. The summed E-state index contributed by atoms with van der Waals surface area (Å²) in [4.78, 5) is 0. The Morgan fingerprint density at radius 3 is 2.79 bits per heavy atom. The molecular weight excluding hydrogens is 246 g/mol. The number of anilines is 1. The van der Waals surface area contributed by atoms with Crippen molar-refractivity contribution < 1.29 is 14.6 Å². The first-order chi connectivity index (χ1) is 9.22. The molecule has 0 aliphatic carbocycles. The van der Waals surface area contributed by atoms with E-state index in [1.54, 1.807) is 42.3 Å². The van der Waals surface area contributed by atoms with Crippen LogP contribution in [0.25, 0.3) is 0 Å². The summed E-state index contributed by atoms with van der Waals surface area (Å²) in [6.07, 6.45) is 1.80. The summed E-state index contributed by atoms with van der Waals surface area (Å²) in [7, 11) is 1.57. The van der Waals surface area contributed by atoms with Crippen LogP contribution >= 0.6 is 0 Å². The summed E-state index contributed by atoms with van der Waals surface area (Å²) in [6.45, 7) is 1.03. The predicted octanol–water partition coefficient (Wildman–Crippen LogP) is 1.05. The summed E-state index contributed by atoms with van der Waals surface area (Å²) >= 11 is 0. The number of aliphatic hydroxyl groups is 1. The molecule has 0 radical (unpaired) electrons. The maximum absolute atomic E-state index is 9.06. The van der Waals surface area contributed by atoms with Gasteiger partial charge < -0.3 is 20.3 Å². The van der Waals surface area contributed by atoms with Crippen LogP contribution in [0.3, 0.4) is 0 Å². The van der Waals surface area contributed by atoms with Crippen molar-refractivity contribution in [3.05, 3.63) is 36.0 Å². The van der Waals surface area contributed by atoms with E-state index in [1.165, 1.54) is 0 Å². The number of benzene rings is 1. The van der Waals surface area contributed by atoms with E-state index in [0.717, 1.165) is 5.56 Å². The van der Waals surface area contributed by atoms with Gasteiger partial charge in [-0.15, -0.1) is 0 Å². The summed E-state index contributed by atoms with van der Waals surface area (Å²) in [6, 6.07) is 7.06. The zero-order valence-electron chi connectivity index (χ0n) is 10.7. The summed E-state index contributed by atoms with van der Waals surface area (Å²) in [5.41, 5.74) is 6.30. The largest absolute Gasteiger partial charge is 0.493 e. The molecule has 0 spiro atoms. The SMILES string of the molecule is COc1cc(CO)ccc1OCCn1ccc(N)n1. The highest BCUT2D eigenvalue weighted by Crippen LogP contribution is 2.28. The number of hydrogen-bond acceptors (Lipinski definition) is 5. The maximum Gasteiger partial charge on any atom is 0.161 e. The van der Waals surface area contributed by atoms with E-state index in [4.69, 9.17) is 20.3 Å². The second-order valence-electron chi connectivity index (χ2n) is 4.00. The zero-order chi connectivity index (χ0) is 13.7. The Morgan fingerprint density at radius 1 is 1.32 bits per heavy atom. The first kappa shape index (κ1) is 13.2. The fourth-order valence-corrected chi connectivity index (χ4v) is 1.68. The van der Waals surface area contributed by atoms with Crippen molar-refractivity contribution >= 4 is 5.82 Å². The van der Waals surface area contributed by atoms with Crippen LogP contribution in [0.5, 0.6) is 11.5 Å². The van der Waals surface area contributed by atoms with Crippen LogP contribution in [-0.4, -0.2) is 28.6 Å². The van der Waals surface area contributed by atoms with E-state index < -0.39 is 0 Å². The molecule has 1 aromatic carbocycles. The minimum Gasteiger partial charge on any atom is -0.493 e. The Bertz CT molecular complexity index is 540. The van der Waals surface area contributed by atoms with Crippen LogP contribution in [0.4, 0.5) is 5.82 Å². The van der Waals surface area contributed by atoms with Gasteiger partial charge in [-0.2, -0.15) is 5.10 Å². The van der Waals surface area contributed by atoms with Crippen molar-refractivity contribution in [3.8, 4) is 11.5 Å². The number of aromatic nitrogens is 2. The van der Waals surface area contributed by atoms with E-state index in [2.05, 4.69) is 5.10 Å². The van der Waals surface area contributed by atoms with Crippen molar-refractivity contribution in [1.29, 1.82) is 0 Å². The molecule has 0 bridgehead atoms. The van der Waals surface area contributed by atoms with Crippen LogP contribution in [0.15, 0.2) is 30.5 Å². The van der Waals surface area contributed by atoms with Gasteiger partial charge in [-0.25, -0.2) is 0 Å². The molecule has 2 aromatic rings. The van der Waals surface area contributed by atoms with Crippen molar-refractivity contribution in [1.82, 2.24) is 9.78 Å². The lowest BCUT2D eigenvalue weighted by Gasteiger charge is -2.11. The van der Waals surface area contributed by atoms with Gasteiger partial charge >= 0.3 is 0 Å². The average molecular weight is 263 g/mol. The number of nitrogen functional groups attached to an aromatic ring is 1. The molecule has 6 heteroatoms. The molecule has 0 amide bonds. The molecule has 0 fully saturated rings. The highest BCUT2D eigenvalue weighted by Gasteiger charge is 2.05. The van der Waals surface area contributed by atoms with E-state index in [1.807, 2.05) is 0 Å². The number of aliphatic hydroxyl groups excluding tert-OH is 1. The van der Waals surface area contributed by atoms with Gasteiger partial charge in [0.15, 0.2) is 11.5 Å². The van der Waals surface area contributed by atoms with Gasteiger partial charge in [0.1, 0.15) is 12.4 Å². The third-order valence-corrected chi connectivity index (χ3v) is 2.65. The molecule has 2 rings (SSSR count). The van der Waals surface area contributed by atoms with Crippen LogP contribution < -0.4 is 15.2 Å². The number of nitrogens with zero attached hydrogens (tertiary/aromatic N) is 2. The molecule has 0 saturated heterocycles. The number of ether oxygens (including phenoxy) is 2. The summed E-state index contributed by atoms with van der Waals surface area (Å²) in [5.74, 6) is 1.73. The molecule has 3 N–H and O–H groups in total. The lowest BCUT2D eigenvalue weighted by molar-refractivity contribution is 0.269. The quantitative estimate of drug-likeness (QED) is 0.814. The van der Waals surface area contributed by atoms with Gasteiger partial charge in [0.25, 0.3) is 0 Å². The molecule has 19 heavy (non-hydrogen) atoms. The number of nitrogens with two attached hydrogens (primary N) is 1. The predicted molar refractivity (Wildman–Crippen MR) is 71.1 cm³/mol. The second kappa shape index (κ2) is 6.10. The highest BCUT2D eigenvalue weighted by molar-refractivity contribution is 5.42. The van der Waals surface area contributed by atoms with Gasteiger partial charge in [-0.05, 0) is 23.8 Å². The monoisotopic (exact) mass is 263 g/mol. The summed E-state index contributed by atoms with van der Waals surface area (Å²) in [5, 5.41) is 13.1. The average Bonchev–Trinajstić information content (AvgIpc) is 2.84. The standard InChI is InChI=1S/C13H17N3O3/c1-18-12-8-10(9-17)2-3-11(12)19-7-6-16-5-4-13(14)15-16/h2-5,8,17H,6-7,9H2,1H3,(H2,14,15). The number of hydrogen-bond donors (Lipinski definition) is 2. The van der Waals surface area contributed by atoms with E-state index in [0.29, 0.717) is 30.5 Å². The molecule has 0 saturated carbocycles. The molecule has 0 unspecified atom stereocenters. The third kappa shape index (κ3) is 3.38. The van der Waals surface area contributed by atoms with E-state index in [9.17, 15) is 0 Å². The highest BCUT2D eigenvalue weighted by atomic mass is 16.5. The molecule has 0 aliphatic heterocycles. The van der Waals surface area contributed by atoms with Gasteiger partial charge in [0.2, 0.25) is 0 Å². The van der Waals surface area contributed by atoms with E-state index >= 15 is 0 Å². The van der Waals surface area contributed by atoms with Gasteiger partial charge in [0.05, 0.1) is 20.3 Å². The summed E-state index contributed by atoms with van der Waals surface area (Å²) < 4.78 is 12.6. The molecular formula is C13H17N3O3. The Hall–Kier alpha value is -2.21. The molecule has 6 nitrogen and oxygen atoms in total. The van der Waals surface area contributed by atoms with Crippen LogP contribution in [0, 0.1) is 0 Å². The molecule has 1 aromatic heterocycles. The Labute approximate surface area is 111 Å². The fraction of sp³-hybridized carbons (Fsp3) is 0.308. The minimum atomic E-state index is -0.0246. The zero-order valence-corrected chi connectivity index (χ0v) is 10.7. The van der Waals surface area contributed by atoms with Gasteiger partial charge in [-0.1, -0.05) is 6.07 Å². The lowest BCUT2D eigenvalue weighted by atomic mass is 10.2. The van der Waals surface area contributed by atoms with Crippen LogP contribution in [0.2, 0.25) is 0 Å². The van der Waals surface area contributed by atoms with Crippen molar-refractivity contribution in [2.45, 2.75) is 13.2 Å². The van der Waals surface area contributed by atoms with Crippen LogP contribution in [-0.2, 0) is 13.2 Å². The third-order valence-electron chi connectivity index (χ3n) is 2.65. The molecule has 102 valence electrons. The van der Waals surface area contributed by atoms with Crippen molar-refractivity contribution in [2.75, 3.05) is 19.5 Å². The molecule has 1 heterocycles. The maximum atomic E-state index is 9.06. The smallest absolute Gasteiger partial charge is 0.161 e. The van der Waals surface area contributed by atoms with E-state index in [-0.39, 0.29) is 6.61 Å². The van der Waals surface area contributed by atoms with Gasteiger partial charge in [0, 0.05) is 6.20 Å². The number of methoxy groups -OCH3 is 1. The van der Waals surface area contributed by atoms with Crippen molar-refractivity contribution in [3.63, 3.8) is 0 Å². The Kier molecular flexibility index (Phi) is 4.25. The van der Waals surface area contributed by atoms with Gasteiger partial charge in [-0.3, -0.25) is 4.68 Å². The number of rotatable bonds is 6. The fourth-order valence-electron chi connectivity index (χ4n) is 1.68. The Morgan fingerprint density at radius 2 is 2.16 bits per heavy atom. The second-order valence-corrected chi connectivity index (χ2v) is 4.00. The molecule has 0 atom stereocenters. The Balaban J connectivity index is 1.95. The van der Waals surface area contributed by atoms with Crippen molar-refractivity contribution in [2.24, 2.45) is 0 Å². The molecule has 0 aliphatic rings.